The maximum Gasteiger partial charge on any atom is 0.460 e. The van der Waals surface area contributed by atoms with E-state index in [1.54, 1.807) is 0 Å². The fourth-order valence-corrected chi connectivity index (χ4v) is 2.45. The SMILES string of the molecule is CCCCCCCc1ccc(C(=O)C(F)(F)C(F)(F)C(F)(F)C(F)(F)F)cc1. The Morgan fingerprint density at radius 1 is 0.750 bits per heavy atom. The van der Waals surface area contributed by atoms with E-state index in [0.29, 0.717) is 24.1 Å². The first-order valence-corrected chi connectivity index (χ1v) is 8.54. The molecular formula is C18H19F9O. The van der Waals surface area contributed by atoms with Crippen molar-refractivity contribution in [2.45, 2.75) is 69.4 Å². The molecule has 0 amide bonds. The second kappa shape index (κ2) is 8.73. The van der Waals surface area contributed by atoms with E-state index in [2.05, 4.69) is 0 Å². The zero-order valence-electron chi connectivity index (χ0n) is 14.9. The van der Waals surface area contributed by atoms with Crippen molar-refractivity contribution in [3.05, 3.63) is 35.4 Å². The Balaban J connectivity index is 2.94. The van der Waals surface area contributed by atoms with Crippen LogP contribution >= 0.6 is 0 Å². The van der Waals surface area contributed by atoms with Gasteiger partial charge in [0.2, 0.25) is 5.78 Å². The molecule has 0 atom stereocenters. The van der Waals surface area contributed by atoms with E-state index in [-0.39, 0.29) is 0 Å². The number of rotatable bonds is 10. The lowest BCUT2D eigenvalue weighted by molar-refractivity contribution is -0.386. The molecule has 0 fully saturated rings. The van der Waals surface area contributed by atoms with E-state index in [1.807, 2.05) is 6.92 Å². The van der Waals surface area contributed by atoms with Crippen molar-refractivity contribution < 1.29 is 44.3 Å². The topological polar surface area (TPSA) is 17.1 Å². The van der Waals surface area contributed by atoms with Gasteiger partial charge in [-0.2, -0.15) is 39.5 Å². The predicted molar refractivity (Wildman–Crippen MR) is 84.1 cm³/mol. The molecule has 0 aliphatic heterocycles. The van der Waals surface area contributed by atoms with E-state index in [1.165, 1.54) is 12.1 Å². The number of carbonyl (C=O) groups excluding carboxylic acids is 1. The first kappa shape index (κ1) is 24.3. The van der Waals surface area contributed by atoms with Crippen LogP contribution in [0.15, 0.2) is 24.3 Å². The fourth-order valence-electron chi connectivity index (χ4n) is 2.45. The van der Waals surface area contributed by atoms with E-state index >= 15 is 0 Å². The highest BCUT2D eigenvalue weighted by molar-refractivity contribution is 6.02. The van der Waals surface area contributed by atoms with Crippen molar-refractivity contribution in [1.82, 2.24) is 0 Å². The van der Waals surface area contributed by atoms with E-state index in [9.17, 15) is 44.3 Å². The number of carbonyl (C=O) groups is 1. The van der Waals surface area contributed by atoms with Crippen LogP contribution in [0, 0.1) is 0 Å². The molecule has 28 heavy (non-hydrogen) atoms. The number of benzene rings is 1. The van der Waals surface area contributed by atoms with Crippen molar-refractivity contribution in [3.63, 3.8) is 0 Å². The molecule has 0 saturated carbocycles. The number of halogens is 9. The van der Waals surface area contributed by atoms with E-state index in [0.717, 1.165) is 32.1 Å². The number of hydrogen-bond acceptors (Lipinski definition) is 1. The van der Waals surface area contributed by atoms with Gasteiger partial charge in [-0.05, 0) is 18.4 Å². The molecule has 0 spiro atoms. The maximum atomic E-state index is 13.6. The van der Waals surface area contributed by atoms with Gasteiger partial charge < -0.3 is 0 Å². The molecule has 10 heteroatoms. The van der Waals surface area contributed by atoms with Crippen LogP contribution in [-0.4, -0.2) is 29.7 Å². The number of alkyl halides is 9. The normalized spacial score (nSPS) is 13.6. The second-order valence-corrected chi connectivity index (χ2v) is 6.41. The van der Waals surface area contributed by atoms with Crippen LogP contribution in [0.5, 0.6) is 0 Å². The van der Waals surface area contributed by atoms with Gasteiger partial charge in [-0.25, -0.2) is 0 Å². The largest absolute Gasteiger partial charge is 0.460 e. The van der Waals surface area contributed by atoms with Crippen molar-refractivity contribution in [2.75, 3.05) is 0 Å². The Hall–Kier alpha value is -1.74. The zero-order chi connectivity index (χ0) is 21.8. The average Bonchev–Trinajstić information content (AvgIpc) is 2.60. The molecule has 0 unspecified atom stereocenters. The first-order valence-electron chi connectivity index (χ1n) is 8.54. The number of ketones is 1. The molecule has 0 bridgehead atoms. The lowest BCUT2D eigenvalue weighted by Gasteiger charge is -2.32. The Morgan fingerprint density at radius 3 is 1.71 bits per heavy atom. The van der Waals surface area contributed by atoms with Gasteiger partial charge in [0.25, 0.3) is 0 Å². The molecule has 0 aliphatic rings. The molecule has 0 radical (unpaired) electrons. The van der Waals surface area contributed by atoms with Crippen LogP contribution in [0.3, 0.4) is 0 Å². The summed E-state index contributed by atoms with van der Waals surface area (Å²) in [7, 11) is 0. The summed E-state index contributed by atoms with van der Waals surface area (Å²) >= 11 is 0. The van der Waals surface area contributed by atoms with Crippen molar-refractivity contribution in [2.24, 2.45) is 0 Å². The molecule has 0 saturated heterocycles. The molecular weight excluding hydrogens is 403 g/mol. The van der Waals surface area contributed by atoms with Crippen molar-refractivity contribution >= 4 is 5.78 Å². The summed E-state index contributed by atoms with van der Waals surface area (Å²) in [4.78, 5) is 11.6. The first-order chi connectivity index (χ1) is 12.7. The van der Waals surface area contributed by atoms with Crippen LogP contribution in [-0.2, 0) is 6.42 Å². The van der Waals surface area contributed by atoms with Crippen LogP contribution in [0.4, 0.5) is 39.5 Å². The minimum Gasteiger partial charge on any atom is -0.287 e. The van der Waals surface area contributed by atoms with Crippen LogP contribution in [0.1, 0.15) is 54.9 Å². The van der Waals surface area contributed by atoms with Crippen molar-refractivity contribution in [1.29, 1.82) is 0 Å². The van der Waals surface area contributed by atoms with Crippen LogP contribution in [0.25, 0.3) is 0 Å². The quantitative estimate of drug-likeness (QED) is 0.229. The van der Waals surface area contributed by atoms with Gasteiger partial charge in [-0.1, -0.05) is 56.9 Å². The number of unbranched alkanes of at least 4 members (excludes halogenated alkanes) is 4. The van der Waals surface area contributed by atoms with Gasteiger partial charge in [-0.15, -0.1) is 0 Å². The lowest BCUT2D eigenvalue weighted by Crippen LogP contribution is -2.63. The Morgan fingerprint density at radius 2 is 1.25 bits per heavy atom. The Kier molecular flexibility index (Phi) is 7.58. The highest BCUT2D eigenvalue weighted by Gasteiger charge is 2.83. The summed E-state index contributed by atoms with van der Waals surface area (Å²) in [5.74, 6) is -23.1. The monoisotopic (exact) mass is 422 g/mol. The zero-order valence-corrected chi connectivity index (χ0v) is 14.9. The molecule has 1 nitrogen and oxygen atoms in total. The predicted octanol–water partition coefficient (Wildman–Crippen LogP) is 6.85. The van der Waals surface area contributed by atoms with Gasteiger partial charge in [0.05, 0.1) is 0 Å². The van der Waals surface area contributed by atoms with Gasteiger partial charge in [0.15, 0.2) is 0 Å². The summed E-state index contributed by atoms with van der Waals surface area (Å²) in [6.07, 6.45) is -1.74. The number of aryl methyl sites for hydroxylation is 1. The summed E-state index contributed by atoms with van der Waals surface area (Å²) in [5, 5.41) is 0. The summed E-state index contributed by atoms with van der Waals surface area (Å²) in [6, 6.07) is 3.76. The second-order valence-electron chi connectivity index (χ2n) is 6.41. The highest BCUT2D eigenvalue weighted by atomic mass is 19.4. The summed E-state index contributed by atoms with van der Waals surface area (Å²) < 4.78 is 116. The van der Waals surface area contributed by atoms with E-state index in [4.69, 9.17) is 0 Å². The minimum absolute atomic E-state index is 0.511. The molecule has 1 aromatic carbocycles. The molecule has 1 aromatic rings. The third kappa shape index (κ3) is 4.81. The smallest absolute Gasteiger partial charge is 0.287 e. The number of hydrogen-bond donors (Lipinski definition) is 0. The molecule has 0 N–H and O–H groups in total. The summed E-state index contributed by atoms with van der Waals surface area (Å²) in [6.45, 7) is 2.03. The summed E-state index contributed by atoms with van der Waals surface area (Å²) in [5.41, 5.74) is -0.499. The van der Waals surface area contributed by atoms with Gasteiger partial charge in [0, 0.05) is 5.56 Å². The third-order valence-corrected chi connectivity index (χ3v) is 4.22. The highest BCUT2D eigenvalue weighted by Crippen LogP contribution is 2.53. The molecule has 0 aromatic heterocycles. The average molecular weight is 422 g/mol. The van der Waals surface area contributed by atoms with Crippen LogP contribution in [0.2, 0.25) is 0 Å². The Bertz CT molecular complexity index is 648. The van der Waals surface area contributed by atoms with Gasteiger partial charge in [-0.3, -0.25) is 4.79 Å². The maximum absolute atomic E-state index is 13.6. The van der Waals surface area contributed by atoms with Crippen molar-refractivity contribution in [3.8, 4) is 0 Å². The van der Waals surface area contributed by atoms with E-state index < -0.39 is 35.3 Å². The number of Topliss-reactive ketones (excluding diaryl/α,β-unsaturated/α-hetero) is 1. The Labute approximate surface area is 155 Å². The molecule has 0 aliphatic carbocycles. The van der Waals surface area contributed by atoms with Gasteiger partial charge in [0.1, 0.15) is 0 Å². The lowest BCUT2D eigenvalue weighted by atomic mass is 9.94. The standard InChI is InChI=1S/C18H19F9O/c1-2-3-4-5-6-7-12-8-10-13(11-9-12)14(28)15(19,20)16(21,22)17(23,24)18(25,26)27/h8-11H,2-7H2,1H3. The fraction of sp³-hybridized carbons (Fsp3) is 0.611. The van der Waals surface area contributed by atoms with Crippen LogP contribution < -0.4 is 0 Å². The minimum atomic E-state index is -7.09. The molecule has 160 valence electrons. The van der Waals surface area contributed by atoms with Gasteiger partial charge >= 0.3 is 23.9 Å². The molecule has 0 heterocycles. The third-order valence-electron chi connectivity index (χ3n) is 4.22. The molecule has 1 rings (SSSR count).